The van der Waals surface area contributed by atoms with Gasteiger partial charge in [-0.1, -0.05) is 36.4 Å². The van der Waals surface area contributed by atoms with Crippen LogP contribution in [0, 0.1) is 13.8 Å². The highest BCUT2D eigenvalue weighted by molar-refractivity contribution is 6.25. The summed E-state index contributed by atoms with van der Waals surface area (Å²) < 4.78 is 5.86. The molecule has 7 heteroatoms. The van der Waals surface area contributed by atoms with E-state index in [4.69, 9.17) is 4.74 Å². The number of β-amino-alcohol motifs (C(OH)–C–C–N with tert-alkyl or cyclic N) is 1. The Morgan fingerprint density at radius 2 is 1.50 bits per heavy atom. The maximum atomic E-state index is 13.1. The average molecular weight is 488 g/mol. The standard InChI is InChI=1S/C29H33N3O4/c1-20-9-10-21(2)26(17-20)36-19-23(33)18-31-13-11-30(12-14-31)15-16-32-28(34)24-7-3-5-22-6-4-8-25(27(22)24)29(32)35/h3-10,17,23,33H,11-16,18-19H2,1-2H3/t23-/m1/s1. The number of amides is 2. The number of nitrogens with zero attached hydrogens (tertiary/aromatic N) is 3. The van der Waals surface area contributed by atoms with Crippen LogP contribution in [-0.2, 0) is 0 Å². The first-order chi connectivity index (χ1) is 17.4. The van der Waals surface area contributed by atoms with E-state index in [-0.39, 0.29) is 18.4 Å². The number of hydrogen-bond acceptors (Lipinski definition) is 6. The van der Waals surface area contributed by atoms with Crippen molar-refractivity contribution in [1.29, 1.82) is 0 Å². The molecule has 7 nitrogen and oxygen atoms in total. The van der Waals surface area contributed by atoms with E-state index < -0.39 is 6.10 Å². The second-order valence-electron chi connectivity index (χ2n) is 9.85. The van der Waals surface area contributed by atoms with Gasteiger partial charge in [-0.05, 0) is 48.6 Å². The van der Waals surface area contributed by atoms with Crippen LogP contribution in [0.2, 0.25) is 0 Å². The van der Waals surface area contributed by atoms with Crippen molar-refractivity contribution in [3.05, 3.63) is 76.9 Å². The van der Waals surface area contributed by atoms with E-state index in [0.717, 1.165) is 53.8 Å². The molecule has 0 spiro atoms. The van der Waals surface area contributed by atoms with Gasteiger partial charge >= 0.3 is 0 Å². The van der Waals surface area contributed by atoms with Crippen LogP contribution in [0.4, 0.5) is 0 Å². The lowest BCUT2D eigenvalue weighted by molar-refractivity contribution is 0.0415. The van der Waals surface area contributed by atoms with E-state index in [1.165, 1.54) is 4.90 Å². The van der Waals surface area contributed by atoms with Crippen LogP contribution in [0.3, 0.4) is 0 Å². The first kappa shape index (κ1) is 24.4. The first-order valence-corrected chi connectivity index (χ1v) is 12.6. The minimum Gasteiger partial charge on any atom is -0.491 e. The summed E-state index contributed by atoms with van der Waals surface area (Å²) in [4.78, 5) is 32.1. The molecule has 188 valence electrons. The Bertz CT molecular complexity index is 1230. The van der Waals surface area contributed by atoms with E-state index in [1.54, 1.807) is 0 Å². The van der Waals surface area contributed by atoms with Crippen LogP contribution in [0.5, 0.6) is 5.75 Å². The molecule has 0 aromatic heterocycles. The van der Waals surface area contributed by atoms with Gasteiger partial charge in [-0.15, -0.1) is 0 Å². The molecule has 5 rings (SSSR count). The lowest BCUT2D eigenvalue weighted by Crippen LogP contribution is -2.51. The molecule has 1 saturated heterocycles. The molecule has 0 bridgehead atoms. The zero-order valence-electron chi connectivity index (χ0n) is 20.9. The number of hydrogen-bond donors (Lipinski definition) is 1. The number of aliphatic hydroxyl groups excluding tert-OH is 1. The number of carbonyl (C=O) groups is 2. The van der Waals surface area contributed by atoms with Crippen LogP contribution < -0.4 is 4.74 Å². The smallest absolute Gasteiger partial charge is 0.261 e. The molecule has 1 atom stereocenters. The summed E-state index contributed by atoms with van der Waals surface area (Å²) in [5.74, 6) is 0.393. The molecule has 2 aliphatic heterocycles. The van der Waals surface area contributed by atoms with Crippen molar-refractivity contribution in [2.75, 3.05) is 52.4 Å². The average Bonchev–Trinajstić information content (AvgIpc) is 2.88. The minimum atomic E-state index is -0.567. The Morgan fingerprint density at radius 3 is 2.17 bits per heavy atom. The molecule has 3 aromatic carbocycles. The highest BCUT2D eigenvalue weighted by Gasteiger charge is 2.33. The van der Waals surface area contributed by atoms with Crippen LogP contribution in [0.15, 0.2) is 54.6 Å². The number of benzene rings is 3. The molecular formula is C29H33N3O4. The third-order valence-corrected chi connectivity index (χ3v) is 7.20. The molecule has 2 aliphatic rings. The van der Waals surface area contributed by atoms with Crippen molar-refractivity contribution >= 4 is 22.6 Å². The largest absolute Gasteiger partial charge is 0.491 e. The molecule has 0 unspecified atom stereocenters. The lowest BCUT2D eigenvalue weighted by Gasteiger charge is -2.36. The zero-order chi connectivity index (χ0) is 25.2. The summed E-state index contributed by atoms with van der Waals surface area (Å²) in [7, 11) is 0. The Balaban J connectivity index is 1.10. The fourth-order valence-corrected chi connectivity index (χ4v) is 5.12. The number of aliphatic hydroxyl groups is 1. The quantitative estimate of drug-likeness (QED) is 0.493. The molecule has 36 heavy (non-hydrogen) atoms. The van der Waals surface area contributed by atoms with Crippen molar-refractivity contribution in [2.45, 2.75) is 20.0 Å². The van der Waals surface area contributed by atoms with Crippen LogP contribution in [0.25, 0.3) is 10.8 Å². The highest BCUT2D eigenvalue weighted by atomic mass is 16.5. The van der Waals surface area contributed by atoms with E-state index in [0.29, 0.717) is 30.8 Å². The summed E-state index contributed by atoms with van der Waals surface area (Å²) in [6.07, 6.45) is -0.567. The van der Waals surface area contributed by atoms with E-state index in [2.05, 4.69) is 15.9 Å². The van der Waals surface area contributed by atoms with E-state index >= 15 is 0 Å². The number of aryl methyl sites for hydroxylation is 2. The lowest BCUT2D eigenvalue weighted by atomic mass is 9.94. The first-order valence-electron chi connectivity index (χ1n) is 12.6. The van der Waals surface area contributed by atoms with Crippen molar-refractivity contribution in [1.82, 2.24) is 14.7 Å². The van der Waals surface area contributed by atoms with Gasteiger partial charge in [-0.2, -0.15) is 0 Å². The second kappa shape index (κ2) is 10.4. The van der Waals surface area contributed by atoms with Gasteiger partial charge in [-0.25, -0.2) is 0 Å². The zero-order valence-corrected chi connectivity index (χ0v) is 20.9. The molecule has 0 saturated carbocycles. The van der Waals surface area contributed by atoms with Crippen molar-refractivity contribution in [2.24, 2.45) is 0 Å². The molecule has 2 amide bonds. The van der Waals surface area contributed by atoms with Gasteiger partial charge in [0.1, 0.15) is 18.5 Å². The fourth-order valence-electron chi connectivity index (χ4n) is 5.12. The summed E-state index contributed by atoms with van der Waals surface area (Å²) in [6, 6.07) is 17.3. The molecular weight excluding hydrogens is 454 g/mol. The monoisotopic (exact) mass is 487 g/mol. The van der Waals surface area contributed by atoms with Gasteiger partial charge in [0.2, 0.25) is 0 Å². The predicted molar refractivity (Wildman–Crippen MR) is 140 cm³/mol. The van der Waals surface area contributed by atoms with E-state index in [9.17, 15) is 14.7 Å². The summed E-state index contributed by atoms with van der Waals surface area (Å²) >= 11 is 0. The Morgan fingerprint density at radius 1 is 0.861 bits per heavy atom. The third kappa shape index (κ3) is 5.00. The highest BCUT2D eigenvalue weighted by Crippen LogP contribution is 2.29. The molecule has 0 aliphatic carbocycles. The number of imide groups is 1. The topological polar surface area (TPSA) is 73.3 Å². The maximum Gasteiger partial charge on any atom is 0.261 e. The van der Waals surface area contributed by atoms with E-state index in [1.807, 2.05) is 62.4 Å². The van der Waals surface area contributed by atoms with Gasteiger partial charge < -0.3 is 9.84 Å². The number of rotatable bonds is 8. The van der Waals surface area contributed by atoms with Crippen molar-refractivity contribution in [3.63, 3.8) is 0 Å². The molecule has 1 fully saturated rings. The minimum absolute atomic E-state index is 0.213. The van der Waals surface area contributed by atoms with Crippen LogP contribution >= 0.6 is 0 Å². The van der Waals surface area contributed by atoms with Gasteiger partial charge in [0, 0.05) is 62.3 Å². The normalized spacial score (nSPS) is 17.6. The fraction of sp³-hybridized carbons (Fsp3) is 0.379. The Labute approximate surface area is 211 Å². The van der Waals surface area contributed by atoms with Crippen molar-refractivity contribution < 1.29 is 19.4 Å². The van der Waals surface area contributed by atoms with Gasteiger partial charge in [0.25, 0.3) is 11.8 Å². The summed E-state index contributed by atoms with van der Waals surface area (Å²) in [6.45, 7) is 9.16. The molecule has 1 N–H and O–H groups in total. The number of carbonyl (C=O) groups excluding carboxylic acids is 2. The second-order valence-corrected chi connectivity index (χ2v) is 9.85. The third-order valence-electron chi connectivity index (χ3n) is 7.20. The van der Waals surface area contributed by atoms with Gasteiger partial charge in [0.15, 0.2) is 0 Å². The maximum absolute atomic E-state index is 13.1. The summed E-state index contributed by atoms with van der Waals surface area (Å²) in [5, 5.41) is 12.2. The van der Waals surface area contributed by atoms with Crippen molar-refractivity contribution in [3.8, 4) is 5.75 Å². The molecule has 0 radical (unpaired) electrons. The summed E-state index contributed by atoms with van der Waals surface area (Å²) in [5.41, 5.74) is 3.40. The van der Waals surface area contributed by atoms with Crippen LogP contribution in [-0.4, -0.2) is 90.1 Å². The predicted octanol–water partition coefficient (Wildman–Crippen LogP) is 3.11. The molecule has 2 heterocycles. The number of ether oxygens (including phenoxy) is 1. The Kier molecular flexibility index (Phi) is 7.05. The van der Waals surface area contributed by atoms with Gasteiger partial charge in [-0.3, -0.25) is 24.3 Å². The van der Waals surface area contributed by atoms with Gasteiger partial charge in [0.05, 0.1) is 0 Å². The number of piperazine rings is 1. The van der Waals surface area contributed by atoms with Crippen LogP contribution in [0.1, 0.15) is 31.8 Å². The SMILES string of the molecule is Cc1ccc(C)c(OC[C@H](O)CN2CCN(CCN3C(=O)c4cccc5cccc(c45)C3=O)CC2)c1. The Hall–Kier alpha value is -3.26. The molecule has 3 aromatic rings.